The van der Waals surface area contributed by atoms with Crippen molar-refractivity contribution in [3.8, 4) is 0 Å². The number of nitrogens with one attached hydrogen (secondary N) is 1. The highest BCUT2D eigenvalue weighted by molar-refractivity contribution is 7.99. The van der Waals surface area contributed by atoms with Crippen molar-refractivity contribution in [1.82, 2.24) is 10.3 Å². The van der Waals surface area contributed by atoms with E-state index in [0.717, 1.165) is 15.7 Å². The monoisotopic (exact) mass is 334 g/mol. The molecule has 0 saturated carbocycles. The SMILES string of the molecule is CCSc1ccc(C(=O)NCC[S@@](=O)c2ccccc2)cn1. The van der Waals surface area contributed by atoms with Crippen LogP contribution in [0.5, 0.6) is 0 Å². The molecule has 6 heteroatoms. The molecule has 0 aliphatic carbocycles. The fourth-order valence-corrected chi connectivity index (χ4v) is 3.37. The molecule has 1 heterocycles. The Kier molecular flexibility index (Phi) is 6.61. The van der Waals surface area contributed by atoms with E-state index in [4.69, 9.17) is 0 Å². The lowest BCUT2D eigenvalue weighted by molar-refractivity contribution is 0.0955. The summed E-state index contributed by atoms with van der Waals surface area (Å²) in [5, 5.41) is 3.68. The number of benzene rings is 1. The van der Waals surface area contributed by atoms with Crippen LogP contribution in [0.25, 0.3) is 0 Å². The van der Waals surface area contributed by atoms with E-state index >= 15 is 0 Å². The fraction of sp³-hybridized carbons (Fsp3) is 0.250. The van der Waals surface area contributed by atoms with Gasteiger partial charge in [0.25, 0.3) is 5.91 Å². The maximum Gasteiger partial charge on any atom is 0.252 e. The van der Waals surface area contributed by atoms with Gasteiger partial charge < -0.3 is 5.32 Å². The average molecular weight is 334 g/mol. The van der Waals surface area contributed by atoms with E-state index in [-0.39, 0.29) is 5.91 Å². The fourth-order valence-electron chi connectivity index (χ4n) is 1.80. The molecule has 1 amide bonds. The number of carbonyl (C=O) groups is 1. The average Bonchev–Trinajstić information content (AvgIpc) is 2.56. The van der Waals surface area contributed by atoms with E-state index in [1.165, 1.54) is 0 Å². The zero-order valence-corrected chi connectivity index (χ0v) is 14.0. The summed E-state index contributed by atoms with van der Waals surface area (Å²) >= 11 is 1.63. The van der Waals surface area contributed by atoms with Crippen molar-refractivity contribution in [1.29, 1.82) is 0 Å². The molecule has 1 atom stereocenters. The minimum absolute atomic E-state index is 0.189. The maximum atomic E-state index is 12.0. The Labute approximate surface area is 137 Å². The van der Waals surface area contributed by atoms with Gasteiger partial charge in [0.05, 0.1) is 21.4 Å². The first-order valence-corrected chi connectivity index (χ1v) is 9.31. The number of aromatic nitrogens is 1. The van der Waals surface area contributed by atoms with Crippen LogP contribution in [0, 0.1) is 0 Å². The molecule has 2 aromatic rings. The molecule has 4 nitrogen and oxygen atoms in total. The molecule has 0 unspecified atom stereocenters. The molecule has 1 aromatic heterocycles. The molecule has 2 rings (SSSR count). The van der Waals surface area contributed by atoms with Crippen molar-refractivity contribution < 1.29 is 9.00 Å². The number of hydrogen-bond acceptors (Lipinski definition) is 4. The van der Waals surface area contributed by atoms with Crippen molar-refractivity contribution >= 4 is 28.5 Å². The van der Waals surface area contributed by atoms with Crippen LogP contribution in [0.3, 0.4) is 0 Å². The van der Waals surface area contributed by atoms with Crippen LogP contribution in [0.15, 0.2) is 58.6 Å². The number of thioether (sulfide) groups is 1. The molecule has 0 saturated heterocycles. The third-order valence-electron chi connectivity index (χ3n) is 2.87. The highest BCUT2D eigenvalue weighted by Crippen LogP contribution is 2.14. The normalized spacial score (nSPS) is 11.9. The van der Waals surface area contributed by atoms with Gasteiger partial charge in [-0.05, 0) is 30.0 Å². The van der Waals surface area contributed by atoms with Gasteiger partial charge in [-0.1, -0.05) is 25.1 Å². The number of nitrogens with zero attached hydrogens (tertiary/aromatic N) is 1. The first kappa shape index (κ1) is 16.7. The van der Waals surface area contributed by atoms with E-state index in [1.807, 2.05) is 36.4 Å². The molecule has 116 valence electrons. The van der Waals surface area contributed by atoms with Crippen LogP contribution >= 0.6 is 11.8 Å². The van der Waals surface area contributed by atoms with Crippen molar-refractivity contribution in [2.45, 2.75) is 16.8 Å². The minimum atomic E-state index is -1.10. The predicted octanol–water partition coefficient (Wildman–Crippen LogP) is 2.73. The van der Waals surface area contributed by atoms with E-state index in [0.29, 0.717) is 17.9 Å². The lowest BCUT2D eigenvalue weighted by Gasteiger charge is -2.06. The molecule has 0 fully saturated rings. The van der Waals surface area contributed by atoms with Gasteiger partial charge in [-0.2, -0.15) is 0 Å². The van der Waals surface area contributed by atoms with Crippen LogP contribution in [0.4, 0.5) is 0 Å². The number of pyridine rings is 1. The summed E-state index contributed by atoms with van der Waals surface area (Å²) in [6.45, 7) is 2.42. The van der Waals surface area contributed by atoms with Gasteiger partial charge in [0.2, 0.25) is 0 Å². The molecule has 1 N–H and O–H groups in total. The van der Waals surface area contributed by atoms with Gasteiger partial charge in [-0.25, -0.2) is 4.98 Å². The van der Waals surface area contributed by atoms with Crippen molar-refractivity contribution in [2.24, 2.45) is 0 Å². The second-order valence-electron chi connectivity index (χ2n) is 4.44. The first-order chi connectivity index (χ1) is 10.7. The summed E-state index contributed by atoms with van der Waals surface area (Å²) in [5.74, 6) is 1.15. The van der Waals surface area contributed by atoms with Gasteiger partial charge in [0.1, 0.15) is 0 Å². The maximum absolute atomic E-state index is 12.0. The van der Waals surface area contributed by atoms with Crippen molar-refractivity contribution in [2.75, 3.05) is 18.1 Å². The Balaban J connectivity index is 1.81. The lowest BCUT2D eigenvalue weighted by Crippen LogP contribution is -2.27. The third-order valence-corrected chi connectivity index (χ3v) is 5.07. The topological polar surface area (TPSA) is 59.1 Å². The van der Waals surface area contributed by atoms with E-state index < -0.39 is 10.8 Å². The van der Waals surface area contributed by atoms with Crippen molar-refractivity contribution in [3.63, 3.8) is 0 Å². The second kappa shape index (κ2) is 8.70. The second-order valence-corrected chi connectivity index (χ2v) is 7.29. The Morgan fingerprint density at radius 2 is 2.00 bits per heavy atom. The molecule has 0 spiro atoms. The molecule has 0 aliphatic heterocycles. The summed E-state index contributed by atoms with van der Waals surface area (Å²) in [5.41, 5.74) is 0.519. The molecular formula is C16H18N2O2S2. The van der Waals surface area contributed by atoms with Gasteiger partial charge in [-0.3, -0.25) is 9.00 Å². The van der Waals surface area contributed by atoms with E-state index in [9.17, 15) is 9.00 Å². The van der Waals surface area contributed by atoms with Crippen LogP contribution in [0.1, 0.15) is 17.3 Å². The summed E-state index contributed by atoms with van der Waals surface area (Å²) < 4.78 is 12.0. The van der Waals surface area contributed by atoms with Crippen LogP contribution in [0.2, 0.25) is 0 Å². The Bertz CT molecular complexity index is 630. The number of carbonyl (C=O) groups excluding carboxylic acids is 1. The Hall–Kier alpha value is -1.66. The smallest absolute Gasteiger partial charge is 0.252 e. The van der Waals surface area contributed by atoms with Gasteiger partial charge in [-0.15, -0.1) is 11.8 Å². The van der Waals surface area contributed by atoms with Crippen molar-refractivity contribution in [3.05, 3.63) is 54.2 Å². The number of amides is 1. The quantitative estimate of drug-likeness (QED) is 0.791. The van der Waals surface area contributed by atoms with Crippen LogP contribution < -0.4 is 5.32 Å². The van der Waals surface area contributed by atoms with E-state index in [2.05, 4.69) is 17.2 Å². The highest BCUT2D eigenvalue weighted by Gasteiger charge is 2.07. The number of hydrogen-bond donors (Lipinski definition) is 1. The molecule has 1 aromatic carbocycles. The number of rotatable bonds is 7. The molecule has 0 radical (unpaired) electrons. The third kappa shape index (κ3) is 4.96. The predicted molar refractivity (Wildman–Crippen MR) is 90.7 cm³/mol. The highest BCUT2D eigenvalue weighted by atomic mass is 32.2. The Morgan fingerprint density at radius 1 is 1.23 bits per heavy atom. The van der Waals surface area contributed by atoms with Crippen LogP contribution in [-0.2, 0) is 10.8 Å². The summed E-state index contributed by atoms with van der Waals surface area (Å²) in [6, 6.07) is 12.8. The lowest BCUT2D eigenvalue weighted by atomic mass is 10.3. The van der Waals surface area contributed by atoms with E-state index in [1.54, 1.807) is 24.0 Å². The Morgan fingerprint density at radius 3 is 2.64 bits per heavy atom. The van der Waals surface area contributed by atoms with Gasteiger partial charge >= 0.3 is 0 Å². The standard InChI is InChI=1S/C16H18N2O2S2/c1-2-21-15-9-8-13(12-18-15)16(19)17-10-11-22(20)14-6-4-3-5-7-14/h3-9,12H,2,10-11H2,1H3,(H,17,19)/t22-/m1/s1. The largest absolute Gasteiger partial charge is 0.351 e. The minimum Gasteiger partial charge on any atom is -0.351 e. The molecular weight excluding hydrogens is 316 g/mol. The van der Waals surface area contributed by atoms with Crippen LogP contribution in [-0.4, -0.2) is 33.2 Å². The molecule has 22 heavy (non-hydrogen) atoms. The zero-order chi connectivity index (χ0) is 15.8. The van der Waals surface area contributed by atoms with Gasteiger partial charge in [0.15, 0.2) is 0 Å². The molecule has 0 bridgehead atoms. The summed E-state index contributed by atoms with van der Waals surface area (Å²) in [6.07, 6.45) is 1.57. The summed E-state index contributed by atoms with van der Waals surface area (Å²) in [7, 11) is -1.10. The first-order valence-electron chi connectivity index (χ1n) is 7.01. The zero-order valence-electron chi connectivity index (χ0n) is 12.3. The molecule has 0 aliphatic rings. The van der Waals surface area contributed by atoms with Gasteiger partial charge in [0, 0.05) is 23.4 Å². The summed E-state index contributed by atoms with van der Waals surface area (Å²) in [4.78, 5) is 17.0.